The summed E-state index contributed by atoms with van der Waals surface area (Å²) in [6, 6.07) is 14.4. The second kappa shape index (κ2) is 8.34. The summed E-state index contributed by atoms with van der Waals surface area (Å²) in [5.74, 6) is -0.656. The molecule has 1 saturated carbocycles. The van der Waals surface area contributed by atoms with E-state index in [2.05, 4.69) is 28.8 Å². The van der Waals surface area contributed by atoms with E-state index in [0.29, 0.717) is 24.6 Å². The highest BCUT2D eigenvalue weighted by atomic mass is 16.5. The van der Waals surface area contributed by atoms with Crippen LogP contribution in [0, 0.1) is 0 Å². The van der Waals surface area contributed by atoms with Gasteiger partial charge in [-0.2, -0.15) is 0 Å². The van der Waals surface area contributed by atoms with Crippen molar-refractivity contribution in [1.82, 2.24) is 4.57 Å². The van der Waals surface area contributed by atoms with Crippen LogP contribution in [0.3, 0.4) is 0 Å². The number of aliphatic carboxylic acids is 1. The summed E-state index contributed by atoms with van der Waals surface area (Å²) in [5.41, 5.74) is 11.5. The lowest BCUT2D eigenvalue weighted by atomic mass is 9.93. The number of carboxylic acid groups (broad SMARTS) is 1. The lowest BCUT2D eigenvalue weighted by Gasteiger charge is -2.18. The highest BCUT2D eigenvalue weighted by Crippen LogP contribution is 2.45. The Kier molecular flexibility index (Phi) is 5.37. The molecule has 5 rings (SSSR count). The molecule has 3 aromatic rings. The molecule has 0 aliphatic heterocycles. The fourth-order valence-corrected chi connectivity index (χ4v) is 5.73. The molecule has 0 radical (unpaired) electrons. The topological polar surface area (TPSA) is 94.6 Å². The summed E-state index contributed by atoms with van der Waals surface area (Å²) in [5, 5.41) is 9.93. The Hall–Kier alpha value is -3.28. The van der Waals surface area contributed by atoms with E-state index >= 15 is 0 Å². The summed E-state index contributed by atoms with van der Waals surface area (Å²) >= 11 is 0. The number of aromatic nitrogens is 1. The van der Waals surface area contributed by atoms with Crippen LogP contribution in [-0.4, -0.2) is 28.2 Å². The average molecular weight is 433 g/mol. The number of carboxylic acids is 1. The Balaban J connectivity index is 1.64. The number of hydrogen-bond donors (Lipinski definition) is 2. The second-order valence-corrected chi connectivity index (χ2v) is 8.95. The minimum atomic E-state index is -1.03. The van der Waals surface area contributed by atoms with Crippen LogP contribution in [0.25, 0.3) is 10.9 Å². The van der Waals surface area contributed by atoms with Gasteiger partial charge in [0.25, 0.3) is 0 Å². The third-order valence-corrected chi connectivity index (χ3v) is 7.09. The van der Waals surface area contributed by atoms with Gasteiger partial charge >= 0.3 is 5.97 Å². The van der Waals surface area contributed by atoms with Gasteiger partial charge in [-0.3, -0.25) is 4.79 Å². The monoisotopic (exact) mass is 432 g/mol. The number of ether oxygens (including phenoxy) is 1. The van der Waals surface area contributed by atoms with Gasteiger partial charge in [0, 0.05) is 17.6 Å². The smallest absolute Gasteiger partial charge is 0.341 e. The molecule has 1 heterocycles. The number of carbonyl (C=O) groups excluding carboxylic acids is 1. The van der Waals surface area contributed by atoms with Crippen molar-refractivity contribution in [2.24, 2.45) is 5.73 Å². The minimum Gasteiger partial charge on any atom is -0.481 e. The Morgan fingerprint density at radius 2 is 1.84 bits per heavy atom. The maximum Gasteiger partial charge on any atom is 0.341 e. The Morgan fingerprint density at radius 1 is 1.06 bits per heavy atom. The first-order valence-corrected chi connectivity index (χ1v) is 11.4. The molecule has 1 aromatic heterocycles. The molecule has 0 saturated heterocycles. The van der Waals surface area contributed by atoms with Crippen LogP contribution in [0.2, 0.25) is 0 Å². The summed E-state index contributed by atoms with van der Waals surface area (Å²) < 4.78 is 7.92. The molecule has 1 unspecified atom stereocenters. The zero-order chi connectivity index (χ0) is 22.2. The molecule has 0 bridgehead atoms. The highest BCUT2D eigenvalue weighted by Gasteiger charge is 2.35. The van der Waals surface area contributed by atoms with Crippen LogP contribution in [-0.2, 0) is 22.6 Å². The molecular formula is C26H28N2O4. The van der Waals surface area contributed by atoms with E-state index in [1.807, 2.05) is 12.1 Å². The highest BCUT2D eigenvalue weighted by molar-refractivity contribution is 5.97. The predicted molar refractivity (Wildman–Crippen MR) is 122 cm³/mol. The fraction of sp³-hybridized carbons (Fsp3) is 0.385. The van der Waals surface area contributed by atoms with Crippen molar-refractivity contribution in [1.29, 1.82) is 0 Å². The van der Waals surface area contributed by atoms with Gasteiger partial charge in [0.15, 0.2) is 6.61 Å². The molecule has 2 aromatic carbocycles. The third kappa shape index (κ3) is 3.53. The fourth-order valence-electron chi connectivity index (χ4n) is 5.73. The quantitative estimate of drug-likeness (QED) is 0.581. The molecule has 1 fully saturated rings. The van der Waals surface area contributed by atoms with Gasteiger partial charge in [-0.25, -0.2) is 4.79 Å². The van der Waals surface area contributed by atoms with Crippen LogP contribution in [0.1, 0.15) is 66.3 Å². The maximum absolute atomic E-state index is 12.3. The number of nitrogens with zero attached hydrogens (tertiary/aromatic N) is 1. The normalized spacial score (nSPS) is 18.2. The summed E-state index contributed by atoms with van der Waals surface area (Å²) in [4.78, 5) is 23.4. The van der Waals surface area contributed by atoms with E-state index in [1.165, 1.54) is 36.8 Å². The van der Waals surface area contributed by atoms with Gasteiger partial charge in [-0.15, -0.1) is 0 Å². The van der Waals surface area contributed by atoms with Crippen molar-refractivity contribution in [3.8, 4) is 5.75 Å². The van der Waals surface area contributed by atoms with Crippen LogP contribution in [0.4, 0.5) is 0 Å². The number of rotatable bonds is 7. The van der Waals surface area contributed by atoms with Crippen molar-refractivity contribution in [3.05, 3.63) is 64.8 Å². The van der Waals surface area contributed by atoms with Crippen LogP contribution < -0.4 is 10.5 Å². The zero-order valence-electron chi connectivity index (χ0n) is 18.0. The first kappa shape index (κ1) is 20.6. The lowest BCUT2D eigenvalue weighted by Crippen LogP contribution is -2.19. The SMILES string of the molecule is NC(=O)C1CCc2c1c1c(OCC(=O)O)cccc1n2Cc1ccccc1C1CCCC1. The molecule has 32 heavy (non-hydrogen) atoms. The molecular weight excluding hydrogens is 404 g/mol. The molecule has 166 valence electrons. The first-order chi connectivity index (χ1) is 15.5. The number of benzene rings is 2. The number of carbonyl (C=O) groups is 2. The zero-order valence-corrected chi connectivity index (χ0v) is 18.0. The molecule has 2 aliphatic rings. The van der Waals surface area contributed by atoms with Gasteiger partial charge in [-0.1, -0.05) is 43.2 Å². The van der Waals surface area contributed by atoms with Crippen molar-refractivity contribution >= 4 is 22.8 Å². The Labute approximate surface area is 187 Å². The van der Waals surface area contributed by atoms with Crippen molar-refractivity contribution in [2.75, 3.05) is 6.61 Å². The molecule has 0 spiro atoms. The molecule has 2 aliphatic carbocycles. The summed E-state index contributed by atoms with van der Waals surface area (Å²) in [6.45, 7) is 0.289. The van der Waals surface area contributed by atoms with Gasteiger partial charge in [0.2, 0.25) is 5.91 Å². The molecule has 3 N–H and O–H groups in total. The standard InChI is InChI=1S/C26H28N2O4/c27-26(31)19-12-13-21-24(19)25-20(10-5-11-22(25)32-15-23(29)30)28(21)14-17-8-3-4-9-18(17)16-6-1-2-7-16/h3-5,8-11,16,19H,1-2,6-7,12-15H2,(H2,27,31)(H,29,30). The van der Waals surface area contributed by atoms with E-state index in [9.17, 15) is 9.59 Å². The van der Waals surface area contributed by atoms with E-state index < -0.39 is 12.6 Å². The molecule has 1 amide bonds. The predicted octanol–water partition coefficient (Wildman–Crippen LogP) is 4.33. The Bertz CT molecular complexity index is 1190. The molecule has 6 heteroatoms. The van der Waals surface area contributed by atoms with Crippen LogP contribution >= 0.6 is 0 Å². The number of amides is 1. The van der Waals surface area contributed by atoms with Gasteiger partial charge < -0.3 is 20.1 Å². The van der Waals surface area contributed by atoms with Crippen molar-refractivity contribution in [3.63, 3.8) is 0 Å². The van der Waals surface area contributed by atoms with Gasteiger partial charge in [0.05, 0.1) is 11.4 Å². The van der Waals surface area contributed by atoms with Gasteiger partial charge in [0.1, 0.15) is 5.75 Å². The average Bonchev–Trinajstić information content (AvgIpc) is 3.51. The first-order valence-electron chi connectivity index (χ1n) is 11.4. The third-order valence-electron chi connectivity index (χ3n) is 7.09. The summed E-state index contributed by atoms with van der Waals surface area (Å²) in [6.07, 6.45) is 6.48. The summed E-state index contributed by atoms with van der Waals surface area (Å²) in [7, 11) is 0. The molecule has 6 nitrogen and oxygen atoms in total. The largest absolute Gasteiger partial charge is 0.481 e. The van der Waals surface area contributed by atoms with E-state index in [0.717, 1.165) is 28.6 Å². The maximum atomic E-state index is 12.3. The van der Waals surface area contributed by atoms with Gasteiger partial charge in [-0.05, 0) is 60.4 Å². The van der Waals surface area contributed by atoms with Crippen LogP contribution in [0.5, 0.6) is 5.75 Å². The van der Waals surface area contributed by atoms with Crippen LogP contribution in [0.15, 0.2) is 42.5 Å². The van der Waals surface area contributed by atoms with E-state index in [-0.39, 0.29) is 11.8 Å². The number of primary amides is 1. The van der Waals surface area contributed by atoms with Crippen molar-refractivity contribution < 1.29 is 19.4 Å². The van der Waals surface area contributed by atoms with E-state index in [4.69, 9.17) is 15.6 Å². The minimum absolute atomic E-state index is 0.345. The number of hydrogen-bond acceptors (Lipinski definition) is 3. The number of nitrogens with two attached hydrogens (primary N) is 1. The lowest BCUT2D eigenvalue weighted by molar-refractivity contribution is -0.139. The van der Waals surface area contributed by atoms with E-state index in [1.54, 1.807) is 6.07 Å². The second-order valence-electron chi connectivity index (χ2n) is 8.95. The van der Waals surface area contributed by atoms with Crippen molar-refractivity contribution in [2.45, 2.75) is 56.9 Å². The Morgan fingerprint density at radius 3 is 2.59 bits per heavy atom. The number of fused-ring (bicyclic) bond motifs is 3. The molecule has 1 atom stereocenters.